The third kappa shape index (κ3) is 2.01. The summed E-state index contributed by atoms with van der Waals surface area (Å²) in [6.07, 6.45) is 1.63. The minimum Gasteiger partial charge on any atom is -0.496 e. The maximum absolute atomic E-state index is 9.01. The lowest BCUT2D eigenvalue weighted by molar-refractivity contribution is 0.277. The van der Waals surface area contributed by atoms with Gasteiger partial charge < -0.3 is 9.84 Å². The zero-order valence-corrected chi connectivity index (χ0v) is 8.92. The summed E-state index contributed by atoms with van der Waals surface area (Å²) in [5.41, 5.74) is 1.41. The molecular formula is C12H12N2O2. The molecule has 0 radical (unpaired) electrons. The Hall–Kier alpha value is -1.94. The molecule has 0 aliphatic carbocycles. The van der Waals surface area contributed by atoms with E-state index < -0.39 is 0 Å². The number of benzene rings is 1. The van der Waals surface area contributed by atoms with Crippen molar-refractivity contribution in [2.24, 2.45) is 0 Å². The molecule has 82 valence electrons. The molecule has 1 aromatic carbocycles. The number of aromatic nitrogens is 2. The van der Waals surface area contributed by atoms with E-state index in [0.717, 1.165) is 11.3 Å². The van der Waals surface area contributed by atoms with Gasteiger partial charge in [0, 0.05) is 6.20 Å². The number of hydrogen-bond acceptors (Lipinski definition) is 4. The van der Waals surface area contributed by atoms with Gasteiger partial charge in [0.2, 0.25) is 0 Å². The molecule has 0 saturated carbocycles. The van der Waals surface area contributed by atoms with Crippen LogP contribution in [0.5, 0.6) is 5.75 Å². The van der Waals surface area contributed by atoms with Crippen molar-refractivity contribution in [3.63, 3.8) is 0 Å². The lowest BCUT2D eigenvalue weighted by Gasteiger charge is -2.07. The first-order valence-electron chi connectivity index (χ1n) is 4.91. The number of aliphatic hydroxyl groups excluding tert-OH is 1. The average molecular weight is 216 g/mol. The minimum absolute atomic E-state index is 0.0926. The van der Waals surface area contributed by atoms with E-state index in [1.165, 1.54) is 0 Å². The van der Waals surface area contributed by atoms with Gasteiger partial charge in [-0.1, -0.05) is 12.1 Å². The first-order valence-corrected chi connectivity index (χ1v) is 4.91. The second kappa shape index (κ2) is 4.72. The summed E-state index contributed by atoms with van der Waals surface area (Å²) in [4.78, 5) is 8.39. The predicted molar refractivity (Wildman–Crippen MR) is 59.9 cm³/mol. The molecule has 0 aliphatic heterocycles. The maximum atomic E-state index is 9.01. The molecule has 1 aromatic heterocycles. The lowest BCUT2D eigenvalue weighted by atomic mass is 10.2. The minimum atomic E-state index is -0.0926. The van der Waals surface area contributed by atoms with E-state index in [1.54, 1.807) is 19.4 Å². The van der Waals surface area contributed by atoms with Crippen LogP contribution in [0.15, 0.2) is 36.5 Å². The molecule has 0 amide bonds. The molecule has 16 heavy (non-hydrogen) atoms. The monoisotopic (exact) mass is 216 g/mol. The highest BCUT2D eigenvalue weighted by molar-refractivity contribution is 5.63. The summed E-state index contributed by atoms with van der Waals surface area (Å²) < 4.78 is 5.23. The Kier molecular flexibility index (Phi) is 3.12. The third-order valence-corrected chi connectivity index (χ3v) is 2.22. The Morgan fingerprint density at radius 1 is 1.25 bits per heavy atom. The molecule has 2 aromatic rings. The van der Waals surface area contributed by atoms with Crippen LogP contribution in [0.4, 0.5) is 0 Å². The molecular weight excluding hydrogens is 204 g/mol. The molecule has 2 rings (SSSR count). The van der Waals surface area contributed by atoms with Crippen LogP contribution in [-0.2, 0) is 6.61 Å². The lowest BCUT2D eigenvalue weighted by Crippen LogP contribution is -1.96. The number of hydrogen-bond donors (Lipinski definition) is 1. The van der Waals surface area contributed by atoms with E-state index in [0.29, 0.717) is 11.5 Å². The van der Waals surface area contributed by atoms with E-state index in [4.69, 9.17) is 9.84 Å². The van der Waals surface area contributed by atoms with Gasteiger partial charge in [-0.25, -0.2) is 9.97 Å². The van der Waals surface area contributed by atoms with Gasteiger partial charge in [0.25, 0.3) is 0 Å². The van der Waals surface area contributed by atoms with Crippen LogP contribution in [0.2, 0.25) is 0 Å². The molecule has 0 spiro atoms. The highest BCUT2D eigenvalue weighted by atomic mass is 16.5. The highest BCUT2D eigenvalue weighted by Crippen LogP contribution is 2.26. The quantitative estimate of drug-likeness (QED) is 0.847. The Morgan fingerprint density at radius 2 is 2.06 bits per heavy atom. The first kappa shape index (κ1) is 10.6. The Morgan fingerprint density at radius 3 is 2.81 bits per heavy atom. The SMILES string of the molecule is COc1ccccc1-c1nccc(CO)n1. The fraction of sp³-hybridized carbons (Fsp3) is 0.167. The van der Waals surface area contributed by atoms with Crippen molar-refractivity contribution in [2.75, 3.05) is 7.11 Å². The molecule has 4 heteroatoms. The number of rotatable bonds is 3. The second-order valence-electron chi connectivity index (χ2n) is 3.23. The van der Waals surface area contributed by atoms with Crippen molar-refractivity contribution in [2.45, 2.75) is 6.61 Å². The largest absolute Gasteiger partial charge is 0.496 e. The van der Waals surface area contributed by atoms with E-state index in [9.17, 15) is 0 Å². The number of para-hydroxylation sites is 1. The van der Waals surface area contributed by atoms with Crippen LogP contribution >= 0.6 is 0 Å². The van der Waals surface area contributed by atoms with Crippen molar-refractivity contribution >= 4 is 0 Å². The number of methoxy groups -OCH3 is 1. The second-order valence-corrected chi connectivity index (χ2v) is 3.23. The summed E-state index contributed by atoms with van der Waals surface area (Å²) in [5, 5.41) is 9.01. The van der Waals surface area contributed by atoms with Gasteiger partial charge in [0.05, 0.1) is 25.0 Å². The van der Waals surface area contributed by atoms with Crippen LogP contribution in [0.3, 0.4) is 0 Å². The van der Waals surface area contributed by atoms with Gasteiger partial charge >= 0.3 is 0 Å². The summed E-state index contributed by atoms with van der Waals surface area (Å²) in [6.45, 7) is -0.0926. The van der Waals surface area contributed by atoms with Gasteiger partial charge in [-0.05, 0) is 18.2 Å². The van der Waals surface area contributed by atoms with Gasteiger partial charge in [-0.15, -0.1) is 0 Å². The summed E-state index contributed by atoms with van der Waals surface area (Å²) >= 11 is 0. The van der Waals surface area contributed by atoms with Crippen LogP contribution in [0.25, 0.3) is 11.4 Å². The van der Waals surface area contributed by atoms with Crippen LogP contribution < -0.4 is 4.74 Å². The third-order valence-electron chi connectivity index (χ3n) is 2.22. The van der Waals surface area contributed by atoms with Crippen molar-refractivity contribution < 1.29 is 9.84 Å². The standard InChI is InChI=1S/C12H12N2O2/c1-16-11-5-3-2-4-10(11)12-13-7-6-9(8-15)14-12/h2-7,15H,8H2,1H3. The highest BCUT2D eigenvalue weighted by Gasteiger charge is 2.07. The Balaban J connectivity index is 2.49. The van der Waals surface area contributed by atoms with Crippen LogP contribution in [-0.4, -0.2) is 22.2 Å². The zero-order valence-electron chi connectivity index (χ0n) is 8.92. The predicted octanol–water partition coefficient (Wildman–Crippen LogP) is 1.64. The van der Waals surface area contributed by atoms with Gasteiger partial charge in [-0.2, -0.15) is 0 Å². The van der Waals surface area contributed by atoms with E-state index in [1.807, 2.05) is 24.3 Å². The summed E-state index contributed by atoms with van der Waals surface area (Å²) in [5.74, 6) is 1.28. The molecule has 0 unspecified atom stereocenters. The molecule has 0 saturated heterocycles. The van der Waals surface area contributed by atoms with Crippen molar-refractivity contribution in [3.05, 3.63) is 42.2 Å². The Labute approximate surface area is 93.6 Å². The van der Waals surface area contributed by atoms with E-state index in [2.05, 4.69) is 9.97 Å². The molecule has 0 aliphatic rings. The van der Waals surface area contributed by atoms with Gasteiger partial charge in [0.1, 0.15) is 5.75 Å². The zero-order chi connectivity index (χ0) is 11.4. The molecule has 4 nitrogen and oxygen atoms in total. The van der Waals surface area contributed by atoms with Crippen molar-refractivity contribution in [1.29, 1.82) is 0 Å². The number of ether oxygens (including phenoxy) is 1. The molecule has 0 bridgehead atoms. The Bertz CT molecular complexity index is 486. The maximum Gasteiger partial charge on any atom is 0.163 e. The van der Waals surface area contributed by atoms with Crippen molar-refractivity contribution in [3.8, 4) is 17.1 Å². The first-order chi connectivity index (χ1) is 7.85. The smallest absolute Gasteiger partial charge is 0.163 e. The molecule has 0 fully saturated rings. The topological polar surface area (TPSA) is 55.2 Å². The van der Waals surface area contributed by atoms with Crippen LogP contribution in [0.1, 0.15) is 5.69 Å². The van der Waals surface area contributed by atoms with Crippen molar-refractivity contribution in [1.82, 2.24) is 9.97 Å². The molecule has 0 atom stereocenters. The fourth-order valence-electron chi connectivity index (χ4n) is 1.44. The summed E-state index contributed by atoms with van der Waals surface area (Å²) in [7, 11) is 1.61. The van der Waals surface area contributed by atoms with Gasteiger partial charge in [0.15, 0.2) is 5.82 Å². The van der Waals surface area contributed by atoms with E-state index >= 15 is 0 Å². The fourth-order valence-corrected chi connectivity index (χ4v) is 1.44. The number of aliphatic hydroxyl groups is 1. The molecule has 1 N–H and O–H groups in total. The van der Waals surface area contributed by atoms with Gasteiger partial charge in [-0.3, -0.25) is 0 Å². The van der Waals surface area contributed by atoms with Crippen LogP contribution in [0, 0.1) is 0 Å². The normalized spacial score (nSPS) is 10.1. The average Bonchev–Trinajstić information content (AvgIpc) is 2.38. The number of nitrogens with zero attached hydrogens (tertiary/aromatic N) is 2. The summed E-state index contributed by atoms with van der Waals surface area (Å²) in [6, 6.07) is 9.20. The molecule has 1 heterocycles. The van der Waals surface area contributed by atoms with E-state index in [-0.39, 0.29) is 6.61 Å².